The van der Waals surface area contributed by atoms with E-state index in [0.29, 0.717) is 5.02 Å². The average Bonchev–Trinajstić information content (AvgIpc) is 2.81. The number of halogens is 1. The highest BCUT2D eigenvalue weighted by Crippen LogP contribution is 2.25. The maximum atomic E-state index is 11.2. The number of fused-ring (bicyclic) bond motifs is 1. The predicted octanol–water partition coefficient (Wildman–Crippen LogP) is 2.37. The summed E-state index contributed by atoms with van der Waals surface area (Å²) in [6, 6.07) is 6.92. The number of hydrogen-bond acceptors (Lipinski definition) is 2. The van der Waals surface area contributed by atoms with Gasteiger partial charge in [0.15, 0.2) is 0 Å². The first-order chi connectivity index (χ1) is 8.24. The highest BCUT2D eigenvalue weighted by Gasteiger charge is 2.05. The summed E-state index contributed by atoms with van der Waals surface area (Å²) in [7, 11) is 0. The SMILES string of the molecule is O=c1ccc2cc(-n3ccnc3)c(Cl)cc2[nH]1. The normalized spacial score (nSPS) is 10.9. The Hall–Kier alpha value is -2.07. The first kappa shape index (κ1) is 10.1. The second-order valence-corrected chi connectivity index (χ2v) is 4.09. The smallest absolute Gasteiger partial charge is 0.248 e. The van der Waals surface area contributed by atoms with Crippen molar-refractivity contribution in [1.29, 1.82) is 0 Å². The number of pyridine rings is 1. The van der Waals surface area contributed by atoms with Crippen LogP contribution in [0.5, 0.6) is 0 Å². The molecular weight excluding hydrogens is 238 g/mol. The predicted molar refractivity (Wildman–Crippen MR) is 66.7 cm³/mol. The van der Waals surface area contributed by atoms with Crippen molar-refractivity contribution in [2.24, 2.45) is 0 Å². The van der Waals surface area contributed by atoms with E-state index in [4.69, 9.17) is 11.6 Å². The van der Waals surface area contributed by atoms with Crippen molar-refractivity contribution in [3.63, 3.8) is 0 Å². The van der Waals surface area contributed by atoms with Crippen LogP contribution in [0.4, 0.5) is 0 Å². The maximum Gasteiger partial charge on any atom is 0.248 e. The fourth-order valence-electron chi connectivity index (χ4n) is 1.76. The third-order valence-electron chi connectivity index (χ3n) is 2.57. The minimum atomic E-state index is -0.135. The number of aromatic amines is 1. The molecule has 5 heteroatoms. The minimum Gasteiger partial charge on any atom is -0.322 e. The molecule has 2 heterocycles. The van der Waals surface area contributed by atoms with Crippen LogP contribution in [-0.2, 0) is 0 Å². The number of rotatable bonds is 1. The molecule has 0 atom stereocenters. The standard InChI is InChI=1S/C12H8ClN3O/c13-9-6-10-8(1-2-12(17)15-10)5-11(9)16-4-3-14-7-16/h1-7H,(H,15,17). The van der Waals surface area contributed by atoms with E-state index in [9.17, 15) is 4.79 Å². The summed E-state index contributed by atoms with van der Waals surface area (Å²) in [4.78, 5) is 17.9. The summed E-state index contributed by atoms with van der Waals surface area (Å²) in [5.41, 5.74) is 1.43. The van der Waals surface area contributed by atoms with Gasteiger partial charge in [-0.3, -0.25) is 4.79 Å². The average molecular weight is 246 g/mol. The lowest BCUT2D eigenvalue weighted by Gasteiger charge is -2.06. The summed E-state index contributed by atoms with van der Waals surface area (Å²) < 4.78 is 1.83. The van der Waals surface area contributed by atoms with Gasteiger partial charge >= 0.3 is 0 Å². The molecular formula is C12H8ClN3O. The molecule has 0 aliphatic carbocycles. The quantitative estimate of drug-likeness (QED) is 0.716. The zero-order valence-electron chi connectivity index (χ0n) is 8.72. The molecule has 0 spiro atoms. The Morgan fingerprint density at radius 2 is 2.18 bits per heavy atom. The van der Waals surface area contributed by atoms with Crippen molar-refractivity contribution in [2.45, 2.75) is 0 Å². The van der Waals surface area contributed by atoms with Crippen molar-refractivity contribution >= 4 is 22.5 Å². The van der Waals surface area contributed by atoms with Gasteiger partial charge in [0.05, 0.1) is 17.0 Å². The first-order valence-electron chi connectivity index (χ1n) is 5.05. The van der Waals surface area contributed by atoms with Crippen LogP contribution in [0.15, 0.2) is 47.8 Å². The van der Waals surface area contributed by atoms with E-state index >= 15 is 0 Å². The van der Waals surface area contributed by atoms with E-state index in [1.54, 1.807) is 24.7 Å². The highest BCUT2D eigenvalue weighted by atomic mass is 35.5. The lowest BCUT2D eigenvalue weighted by molar-refractivity contribution is 1.06. The van der Waals surface area contributed by atoms with Gasteiger partial charge in [0.1, 0.15) is 0 Å². The van der Waals surface area contributed by atoms with Crippen molar-refractivity contribution in [2.75, 3.05) is 0 Å². The maximum absolute atomic E-state index is 11.2. The molecule has 2 aromatic heterocycles. The number of hydrogen-bond donors (Lipinski definition) is 1. The first-order valence-corrected chi connectivity index (χ1v) is 5.43. The molecule has 0 saturated carbocycles. The van der Waals surface area contributed by atoms with E-state index in [-0.39, 0.29) is 5.56 Å². The summed E-state index contributed by atoms with van der Waals surface area (Å²) in [5.74, 6) is 0. The zero-order valence-corrected chi connectivity index (χ0v) is 9.48. The third kappa shape index (κ3) is 1.72. The lowest BCUT2D eigenvalue weighted by Crippen LogP contribution is -2.03. The summed E-state index contributed by atoms with van der Waals surface area (Å²) in [6.07, 6.45) is 5.19. The summed E-state index contributed by atoms with van der Waals surface area (Å²) >= 11 is 6.18. The molecule has 3 aromatic rings. The summed E-state index contributed by atoms with van der Waals surface area (Å²) in [6.45, 7) is 0. The molecule has 17 heavy (non-hydrogen) atoms. The van der Waals surface area contributed by atoms with E-state index in [1.807, 2.05) is 16.8 Å². The molecule has 0 radical (unpaired) electrons. The number of nitrogens with zero attached hydrogens (tertiary/aromatic N) is 2. The molecule has 3 rings (SSSR count). The Kier molecular flexibility index (Phi) is 2.23. The van der Waals surface area contributed by atoms with Crippen molar-refractivity contribution in [1.82, 2.24) is 14.5 Å². The molecule has 0 fully saturated rings. The topological polar surface area (TPSA) is 50.7 Å². The largest absolute Gasteiger partial charge is 0.322 e. The number of aromatic nitrogens is 3. The van der Waals surface area contributed by atoms with E-state index in [2.05, 4.69) is 9.97 Å². The Bertz CT molecular complexity index is 731. The zero-order chi connectivity index (χ0) is 11.8. The van der Waals surface area contributed by atoms with Gasteiger partial charge in [0, 0.05) is 29.4 Å². The van der Waals surface area contributed by atoms with Crippen LogP contribution >= 0.6 is 11.6 Å². The summed E-state index contributed by atoms with van der Waals surface area (Å²) in [5, 5.41) is 1.50. The molecule has 0 saturated heterocycles. The molecule has 1 N–H and O–H groups in total. The fraction of sp³-hybridized carbons (Fsp3) is 0. The molecule has 0 unspecified atom stereocenters. The van der Waals surface area contributed by atoms with Crippen molar-refractivity contribution in [3.8, 4) is 5.69 Å². The van der Waals surface area contributed by atoms with Crippen LogP contribution < -0.4 is 5.56 Å². The van der Waals surface area contributed by atoms with Crippen LogP contribution in [0.2, 0.25) is 5.02 Å². The molecule has 0 bridgehead atoms. The number of benzene rings is 1. The van der Waals surface area contributed by atoms with Gasteiger partial charge in [0.2, 0.25) is 5.56 Å². The molecule has 84 valence electrons. The van der Waals surface area contributed by atoms with Crippen LogP contribution in [0.3, 0.4) is 0 Å². The van der Waals surface area contributed by atoms with Gasteiger partial charge in [-0.15, -0.1) is 0 Å². The number of H-pyrrole nitrogens is 1. The Labute approximate surface area is 101 Å². The molecule has 4 nitrogen and oxygen atoms in total. The van der Waals surface area contributed by atoms with Crippen LogP contribution in [0, 0.1) is 0 Å². The van der Waals surface area contributed by atoms with E-state index in [1.165, 1.54) is 6.07 Å². The molecule has 0 aliphatic heterocycles. The van der Waals surface area contributed by atoms with E-state index < -0.39 is 0 Å². The van der Waals surface area contributed by atoms with Crippen LogP contribution in [-0.4, -0.2) is 14.5 Å². The van der Waals surface area contributed by atoms with Gasteiger partial charge in [0.25, 0.3) is 0 Å². The monoisotopic (exact) mass is 245 g/mol. The van der Waals surface area contributed by atoms with Gasteiger partial charge in [-0.25, -0.2) is 4.98 Å². The molecule has 1 aromatic carbocycles. The van der Waals surface area contributed by atoms with Crippen LogP contribution in [0.25, 0.3) is 16.6 Å². The molecule has 0 aliphatic rings. The van der Waals surface area contributed by atoms with Crippen molar-refractivity contribution in [3.05, 3.63) is 58.4 Å². The van der Waals surface area contributed by atoms with Crippen molar-refractivity contribution < 1.29 is 0 Å². The fourth-order valence-corrected chi connectivity index (χ4v) is 2.02. The number of imidazole rings is 1. The Morgan fingerprint density at radius 3 is 2.94 bits per heavy atom. The second kappa shape index (κ2) is 3.75. The molecule has 0 amide bonds. The van der Waals surface area contributed by atoms with Gasteiger partial charge in [-0.05, 0) is 18.2 Å². The highest BCUT2D eigenvalue weighted by molar-refractivity contribution is 6.33. The number of nitrogens with one attached hydrogen (secondary N) is 1. The van der Waals surface area contributed by atoms with Gasteiger partial charge in [-0.1, -0.05) is 11.6 Å². The lowest BCUT2D eigenvalue weighted by atomic mass is 10.2. The van der Waals surface area contributed by atoms with Gasteiger partial charge < -0.3 is 9.55 Å². The Morgan fingerprint density at radius 1 is 1.29 bits per heavy atom. The van der Waals surface area contributed by atoms with Crippen LogP contribution in [0.1, 0.15) is 0 Å². The second-order valence-electron chi connectivity index (χ2n) is 3.68. The van der Waals surface area contributed by atoms with E-state index in [0.717, 1.165) is 16.6 Å². The third-order valence-corrected chi connectivity index (χ3v) is 2.88. The minimum absolute atomic E-state index is 0.135. The van der Waals surface area contributed by atoms with Gasteiger partial charge in [-0.2, -0.15) is 0 Å². The Balaban J connectivity index is 2.31.